The summed E-state index contributed by atoms with van der Waals surface area (Å²) in [6, 6.07) is 0.175. The fraction of sp³-hybridized carbons (Fsp3) is 0.812. The van der Waals surface area contributed by atoms with E-state index in [2.05, 4.69) is 10.2 Å². The topological polar surface area (TPSA) is 93.2 Å². The number of nitrogens with one attached hydrogen (secondary N) is 1. The summed E-state index contributed by atoms with van der Waals surface area (Å²) in [6.07, 6.45) is 0.614. The van der Waals surface area contributed by atoms with Gasteiger partial charge in [0.05, 0.1) is 11.6 Å². The molecule has 0 aromatic rings. The van der Waals surface area contributed by atoms with Gasteiger partial charge in [0.1, 0.15) is 0 Å². The van der Waals surface area contributed by atoms with E-state index >= 15 is 0 Å². The van der Waals surface area contributed by atoms with Crippen LogP contribution in [0, 0.1) is 0 Å². The minimum Gasteiger partial charge on any atom is -0.392 e. The monoisotopic (exact) mass is 338 g/mol. The Labute approximate surface area is 141 Å². The van der Waals surface area contributed by atoms with Gasteiger partial charge in [0.2, 0.25) is 17.7 Å². The zero-order valence-corrected chi connectivity index (χ0v) is 14.3. The third-order valence-electron chi connectivity index (χ3n) is 5.40. The van der Waals surface area contributed by atoms with Crippen LogP contribution in [0.4, 0.5) is 0 Å². The van der Waals surface area contributed by atoms with Gasteiger partial charge < -0.3 is 20.2 Å². The second-order valence-electron chi connectivity index (χ2n) is 7.30. The molecular weight excluding hydrogens is 312 g/mol. The lowest BCUT2D eigenvalue weighted by Crippen LogP contribution is -2.79. The molecule has 2 N–H and O–H groups in total. The van der Waals surface area contributed by atoms with E-state index in [9.17, 15) is 19.5 Å². The van der Waals surface area contributed by atoms with Crippen LogP contribution in [0.15, 0.2) is 0 Å². The van der Waals surface area contributed by atoms with Crippen molar-refractivity contribution in [1.29, 1.82) is 0 Å². The normalized spacial score (nSPS) is 28.5. The molecule has 3 amide bonds. The Morgan fingerprint density at radius 2 is 1.79 bits per heavy atom. The van der Waals surface area contributed by atoms with E-state index in [0.29, 0.717) is 45.7 Å². The molecule has 0 bridgehead atoms. The Hall–Kier alpha value is -1.67. The summed E-state index contributed by atoms with van der Waals surface area (Å²) in [6.45, 7) is 6.40. The fourth-order valence-corrected chi connectivity index (χ4v) is 4.28. The van der Waals surface area contributed by atoms with Gasteiger partial charge in [0, 0.05) is 65.6 Å². The molecule has 8 nitrogen and oxygen atoms in total. The number of piperazine rings is 1. The van der Waals surface area contributed by atoms with Crippen molar-refractivity contribution in [2.75, 3.05) is 39.3 Å². The van der Waals surface area contributed by atoms with Gasteiger partial charge >= 0.3 is 0 Å². The Morgan fingerprint density at radius 1 is 1.12 bits per heavy atom. The lowest BCUT2D eigenvalue weighted by molar-refractivity contribution is -0.161. The quantitative estimate of drug-likeness (QED) is 0.646. The molecule has 3 fully saturated rings. The number of likely N-dealkylation sites (tertiary alicyclic amines) is 1. The number of hydrogen-bond donors (Lipinski definition) is 2. The molecule has 3 aliphatic rings. The number of aliphatic hydroxyl groups excluding tert-OH is 1. The molecule has 0 radical (unpaired) electrons. The van der Waals surface area contributed by atoms with Gasteiger partial charge in [0.15, 0.2) is 0 Å². The minimum atomic E-state index is -0.358. The van der Waals surface area contributed by atoms with E-state index < -0.39 is 0 Å². The summed E-state index contributed by atoms with van der Waals surface area (Å²) in [7, 11) is 0. The van der Waals surface area contributed by atoms with Gasteiger partial charge in [-0.05, 0) is 6.42 Å². The third-order valence-corrected chi connectivity index (χ3v) is 5.40. The van der Waals surface area contributed by atoms with Gasteiger partial charge in [-0.15, -0.1) is 0 Å². The first-order chi connectivity index (χ1) is 11.3. The van der Waals surface area contributed by atoms with Crippen molar-refractivity contribution in [3.63, 3.8) is 0 Å². The van der Waals surface area contributed by atoms with Crippen molar-refractivity contribution in [2.24, 2.45) is 0 Å². The molecule has 24 heavy (non-hydrogen) atoms. The first-order valence-electron chi connectivity index (χ1n) is 8.53. The Morgan fingerprint density at radius 3 is 2.42 bits per heavy atom. The lowest BCUT2D eigenvalue weighted by atomic mass is 9.83. The van der Waals surface area contributed by atoms with Gasteiger partial charge in [-0.3, -0.25) is 19.3 Å². The van der Waals surface area contributed by atoms with Gasteiger partial charge in [0.25, 0.3) is 0 Å². The standard InChI is InChI=1S/C16H26N4O4/c1-11(21)17-4-3-15(24)19-9-16(10-19)8-18(12(2)22)6-13-5-14(23)7-20(13)16/h13-14,23H,3-10H2,1-2H3,(H,17,21)/t13-,14+/m0/s1. The first-order valence-corrected chi connectivity index (χ1v) is 8.53. The number of rotatable bonds is 3. The number of hydrogen-bond acceptors (Lipinski definition) is 5. The molecule has 8 heteroatoms. The van der Waals surface area contributed by atoms with E-state index in [-0.39, 0.29) is 41.8 Å². The molecule has 0 aromatic heterocycles. The second kappa shape index (κ2) is 6.33. The average Bonchev–Trinajstić information content (AvgIpc) is 2.83. The number of β-amino-alcohol motifs (C(OH)–C–C–N with tert-alkyl or cyclic N) is 1. The molecule has 0 aromatic carbocycles. The van der Waals surface area contributed by atoms with Crippen LogP contribution in [0.3, 0.4) is 0 Å². The van der Waals surface area contributed by atoms with Crippen LogP contribution in [0.2, 0.25) is 0 Å². The summed E-state index contributed by atoms with van der Waals surface area (Å²) in [5.74, 6) is -0.0716. The number of nitrogens with zero attached hydrogens (tertiary/aromatic N) is 3. The van der Waals surface area contributed by atoms with Crippen LogP contribution < -0.4 is 5.32 Å². The molecule has 3 rings (SSSR count). The van der Waals surface area contributed by atoms with Crippen LogP contribution in [-0.4, -0.2) is 94.5 Å². The minimum absolute atomic E-state index is 0.0191. The van der Waals surface area contributed by atoms with Crippen molar-refractivity contribution >= 4 is 17.7 Å². The van der Waals surface area contributed by atoms with Crippen molar-refractivity contribution in [1.82, 2.24) is 20.0 Å². The lowest BCUT2D eigenvalue weighted by Gasteiger charge is -2.60. The molecule has 1 spiro atoms. The second-order valence-corrected chi connectivity index (χ2v) is 7.30. The van der Waals surface area contributed by atoms with Gasteiger partial charge in [-0.1, -0.05) is 0 Å². The highest BCUT2D eigenvalue weighted by atomic mass is 16.3. The summed E-state index contributed by atoms with van der Waals surface area (Å²) < 4.78 is 0. The predicted octanol–water partition coefficient (Wildman–Crippen LogP) is -1.61. The average molecular weight is 338 g/mol. The van der Waals surface area contributed by atoms with E-state index in [1.54, 1.807) is 11.8 Å². The number of carbonyl (C=O) groups is 3. The zero-order chi connectivity index (χ0) is 17.5. The molecular formula is C16H26N4O4. The van der Waals surface area contributed by atoms with Gasteiger partial charge in [-0.25, -0.2) is 0 Å². The van der Waals surface area contributed by atoms with E-state index in [0.717, 1.165) is 0 Å². The highest BCUT2D eigenvalue weighted by Gasteiger charge is 2.57. The highest BCUT2D eigenvalue weighted by molar-refractivity contribution is 5.79. The molecule has 0 unspecified atom stereocenters. The maximum atomic E-state index is 12.2. The van der Waals surface area contributed by atoms with Crippen molar-refractivity contribution in [3.05, 3.63) is 0 Å². The molecule has 2 atom stereocenters. The Bertz CT molecular complexity index is 546. The van der Waals surface area contributed by atoms with Crippen LogP contribution in [0.25, 0.3) is 0 Å². The van der Waals surface area contributed by atoms with Crippen molar-refractivity contribution in [3.8, 4) is 0 Å². The van der Waals surface area contributed by atoms with Crippen LogP contribution >= 0.6 is 0 Å². The molecule has 3 aliphatic heterocycles. The van der Waals surface area contributed by atoms with Crippen molar-refractivity contribution in [2.45, 2.75) is 44.4 Å². The number of fused-ring (bicyclic) bond motifs is 2. The highest BCUT2D eigenvalue weighted by Crippen LogP contribution is 2.39. The Balaban J connectivity index is 1.61. The fourth-order valence-electron chi connectivity index (χ4n) is 4.28. The summed E-state index contributed by atoms with van der Waals surface area (Å²) in [4.78, 5) is 40.9. The smallest absolute Gasteiger partial charge is 0.224 e. The van der Waals surface area contributed by atoms with Gasteiger partial charge in [-0.2, -0.15) is 0 Å². The summed E-state index contributed by atoms with van der Waals surface area (Å²) >= 11 is 0. The van der Waals surface area contributed by atoms with Crippen LogP contribution in [-0.2, 0) is 14.4 Å². The molecule has 0 saturated carbocycles. The summed E-state index contributed by atoms with van der Waals surface area (Å²) in [5.41, 5.74) is -0.226. The Kier molecular flexibility index (Phi) is 4.52. The maximum absolute atomic E-state index is 12.2. The zero-order valence-electron chi connectivity index (χ0n) is 14.3. The van der Waals surface area contributed by atoms with E-state index in [1.165, 1.54) is 6.92 Å². The van der Waals surface area contributed by atoms with Crippen LogP contribution in [0.1, 0.15) is 26.7 Å². The largest absolute Gasteiger partial charge is 0.392 e. The van der Waals surface area contributed by atoms with E-state index in [4.69, 9.17) is 0 Å². The third kappa shape index (κ3) is 3.12. The molecule has 0 aliphatic carbocycles. The predicted molar refractivity (Wildman–Crippen MR) is 86.0 cm³/mol. The number of carbonyl (C=O) groups excluding carboxylic acids is 3. The summed E-state index contributed by atoms with van der Waals surface area (Å²) in [5, 5.41) is 12.6. The SMILES string of the molecule is CC(=O)NCCC(=O)N1CC2(CN(C(C)=O)C[C@@H]3C[C@@H](O)CN32)C1. The first kappa shape index (κ1) is 17.2. The maximum Gasteiger partial charge on any atom is 0.224 e. The van der Waals surface area contributed by atoms with E-state index in [1.807, 2.05) is 4.90 Å². The van der Waals surface area contributed by atoms with Crippen molar-refractivity contribution < 1.29 is 19.5 Å². The van der Waals surface area contributed by atoms with Crippen LogP contribution in [0.5, 0.6) is 0 Å². The molecule has 134 valence electrons. The molecule has 3 heterocycles. The number of amides is 3. The number of aliphatic hydroxyl groups is 1. The molecule has 3 saturated heterocycles.